The maximum Gasteiger partial charge on any atom is 0.254 e. The van der Waals surface area contributed by atoms with Gasteiger partial charge in [0, 0.05) is 41.7 Å². The molecule has 0 bridgehead atoms. The predicted octanol–water partition coefficient (Wildman–Crippen LogP) is 4.08. The summed E-state index contributed by atoms with van der Waals surface area (Å²) >= 11 is 4.93. The smallest absolute Gasteiger partial charge is 0.254 e. The van der Waals surface area contributed by atoms with E-state index in [0.29, 0.717) is 29.7 Å². The summed E-state index contributed by atoms with van der Waals surface area (Å²) in [5.74, 6) is 0.513. The number of aromatic nitrogens is 1. The van der Waals surface area contributed by atoms with Crippen LogP contribution in [0, 0.1) is 5.92 Å². The van der Waals surface area contributed by atoms with Crippen molar-refractivity contribution in [2.75, 3.05) is 32.8 Å². The number of amides is 1. The lowest BCUT2D eigenvalue weighted by atomic mass is 10.1. The minimum Gasteiger partial charge on any atom is -0.374 e. The Bertz CT molecular complexity index is 785. The monoisotopic (exact) mass is 463 g/mol. The summed E-state index contributed by atoms with van der Waals surface area (Å²) in [6.45, 7) is 8.53. The molecule has 1 aromatic heterocycles. The van der Waals surface area contributed by atoms with Crippen molar-refractivity contribution >= 4 is 33.6 Å². The number of carbonyl (C=O) groups excluding carboxylic acids is 1. The minimum absolute atomic E-state index is 0.0238. The molecule has 1 atom stereocenters. The Balaban J connectivity index is 1.59. The molecule has 1 unspecified atom stereocenters. The lowest BCUT2D eigenvalue weighted by molar-refractivity contribution is -0.0295. The Kier molecular flexibility index (Phi) is 7.91. The highest BCUT2D eigenvalue weighted by atomic mass is 79.9. The number of hydrogen-bond acceptors (Lipinski definition) is 5. The highest BCUT2D eigenvalue weighted by Gasteiger charge is 2.22. The molecule has 1 amide bonds. The molecule has 150 valence electrons. The zero-order chi connectivity index (χ0) is 19.9. The first-order valence-corrected chi connectivity index (χ1v) is 11.1. The van der Waals surface area contributed by atoms with Crippen LogP contribution in [0.1, 0.15) is 24.2 Å². The van der Waals surface area contributed by atoms with Crippen molar-refractivity contribution < 1.29 is 9.53 Å². The van der Waals surface area contributed by atoms with Crippen LogP contribution in [-0.4, -0.2) is 54.7 Å². The lowest BCUT2D eigenvalue weighted by Gasteiger charge is -2.34. The second-order valence-electron chi connectivity index (χ2n) is 7.27. The summed E-state index contributed by atoms with van der Waals surface area (Å²) in [6, 6.07) is 11.6. The molecule has 1 aromatic carbocycles. The highest BCUT2D eigenvalue weighted by Crippen LogP contribution is 2.29. The molecule has 1 aliphatic heterocycles. The van der Waals surface area contributed by atoms with Gasteiger partial charge in [0.1, 0.15) is 5.03 Å². The lowest BCUT2D eigenvalue weighted by Crippen LogP contribution is -2.48. The van der Waals surface area contributed by atoms with Crippen LogP contribution < -0.4 is 5.32 Å². The molecule has 28 heavy (non-hydrogen) atoms. The van der Waals surface area contributed by atoms with Crippen LogP contribution in [0.2, 0.25) is 0 Å². The molecule has 7 heteroatoms. The fraction of sp³-hybridized carbons (Fsp3) is 0.429. The number of morpholine rings is 1. The van der Waals surface area contributed by atoms with Gasteiger partial charge in [0.15, 0.2) is 0 Å². The van der Waals surface area contributed by atoms with Gasteiger partial charge in [0.25, 0.3) is 5.91 Å². The van der Waals surface area contributed by atoms with Crippen LogP contribution in [0.15, 0.2) is 57.0 Å². The van der Waals surface area contributed by atoms with E-state index in [0.717, 1.165) is 29.0 Å². The molecule has 0 spiro atoms. The van der Waals surface area contributed by atoms with Gasteiger partial charge in [-0.15, -0.1) is 0 Å². The molecule has 3 rings (SSSR count). The van der Waals surface area contributed by atoms with E-state index in [9.17, 15) is 4.79 Å². The molecule has 2 heterocycles. The van der Waals surface area contributed by atoms with Crippen molar-refractivity contribution in [2.45, 2.75) is 29.9 Å². The summed E-state index contributed by atoms with van der Waals surface area (Å²) < 4.78 is 6.85. The molecular formula is C21H26BrN3O2S. The van der Waals surface area contributed by atoms with Crippen LogP contribution in [0.5, 0.6) is 0 Å². The quantitative estimate of drug-likeness (QED) is 0.669. The second kappa shape index (κ2) is 10.4. The van der Waals surface area contributed by atoms with Gasteiger partial charge in [0.05, 0.1) is 18.3 Å². The van der Waals surface area contributed by atoms with E-state index in [1.165, 1.54) is 11.8 Å². The maximum absolute atomic E-state index is 12.8. The zero-order valence-corrected chi connectivity index (χ0v) is 18.6. The highest BCUT2D eigenvalue weighted by molar-refractivity contribution is 9.10. The number of ether oxygens (including phenoxy) is 1. The van der Waals surface area contributed by atoms with Gasteiger partial charge in [-0.05, 0) is 42.3 Å². The Morgan fingerprint density at radius 3 is 2.89 bits per heavy atom. The van der Waals surface area contributed by atoms with E-state index >= 15 is 0 Å². The van der Waals surface area contributed by atoms with Gasteiger partial charge in [-0.2, -0.15) is 0 Å². The number of nitrogens with one attached hydrogen (secondary N) is 1. The van der Waals surface area contributed by atoms with Crippen LogP contribution in [0.3, 0.4) is 0 Å². The van der Waals surface area contributed by atoms with Gasteiger partial charge >= 0.3 is 0 Å². The molecule has 0 saturated carbocycles. The van der Waals surface area contributed by atoms with Crippen LogP contribution in [0.4, 0.5) is 0 Å². The van der Waals surface area contributed by atoms with Gasteiger partial charge < -0.3 is 10.1 Å². The number of nitrogens with zero attached hydrogens (tertiary/aromatic N) is 2. The predicted molar refractivity (Wildman–Crippen MR) is 116 cm³/mol. The third-order valence-electron chi connectivity index (χ3n) is 4.38. The van der Waals surface area contributed by atoms with E-state index in [-0.39, 0.29) is 12.0 Å². The summed E-state index contributed by atoms with van der Waals surface area (Å²) in [5.41, 5.74) is 0.588. The number of pyridine rings is 1. The van der Waals surface area contributed by atoms with Gasteiger partial charge in [-0.25, -0.2) is 4.98 Å². The van der Waals surface area contributed by atoms with Crippen molar-refractivity contribution in [3.8, 4) is 0 Å². The van der Waals surface area contributed by atoms with E-state index in [4.69, 9.17) is 4.74 Å². The van der Waals surface area contributed by atoms with Crippen molar-refractivity contribution in [1.82, 2.24) is 15.2 Å². The first-order chi connectivity index (χ1) is 13.5. The summed E-state index contributed by atoms with van der Waals surface area (Å²) in [6.07, 6.45) is 1.74. The fourth-order valence-electron chi connectivity index (χ4n) is 3.15. The van der Waals surface area contributed by atoms with Crippen LogP contribution >= 0.6 is 27.7 Å². The van der Waals surface area contributed by atoms with Crippen molar-refractivity contribution in [3.05, 3.63) is 52.6 Å². The number of hydrogen-bond donors (Lipinski definition) is 1. The molecule has 5 nitrogen and oxygen atoms in total. The van der Waals surface area contributed by atoms with Crippen LogP contribution in [-0.2, 0) is 4.74 Å². The maximum atomic E-state index is 12.8. The largest absolute Gasteiger partial charge is 0.374 e. The number of carbonyl (C=O) groups is 1. The van der Waals surface area contributed by atoms with E-state index in [1.807, 2.05) is 30.3 Å². The third-order valence-corrected chi connectivity index (χ3v) is 5.94. The van der Waals surface area contributed by atoms with Crippen molar-refractivity contribution in [3.63, 3.8) is 0 Å². The van der Waals surface area contributed by atoms with Crippen molar-refractivity contribution in [1.29, 1.82) is 0 Å². The summed E-state index contributed by atoms with van der Waals surface area (Å²) in [4.78, 5) is 20.6. The molecular weight excluding hydrogens is 438 g/mol. The molecule has 0 radical (unpaired) electrons. The van der Waals surface area contributed by atoms with Crippen molar-refractivity contribution in [2.24, 2.45) is 5.92 Å². The zero-order valence-electron chi connectivity index (χ0n) is 16.2. The van der Waals surface area contributed by atoms with E-state index < -0.39 is 0 Å². The van der Waals surface area contributed by atoms with E-state index in [2.05, 4.69) is 45.0 Å². The SMILES string of the molecule is CC(C)CN1CCOC(CNC(=O)c2cccnc2Sc2ccc(Br)cc2)C1. The Labute approximate surface area is 179 Å². The summed E-state index contributed by atoms with van der Waals surface area (Å²) in [5, 5.41) is 3.73. The molecule has 1 aliphatic rings. The summed E-state index contributed by atoms with van der Waals surface area (Å²) in [7, 11) is 0. The number of benzene rings is 1. The normalized spacial score (nSPS) is 17.6. The molecule has 0 aliphatic carbocycles. The fourth-order valence-corrected chi connectivity index (χ4v) is 4.29. The van der Waals surface area contributed by atoms with Gasteiger partial charge in [-0.3, -0.25) is 9.69 Å². The Morgan fingerprint density at radius 1 is 1.36 bits per heavy atom. The number of rotatable bonds is 7. The second-order valence-corrected chi connectivity index (χ2v) is 9.25. The molecule has 1 N–H and O–H groups in total. The average Bonchev–Trinajstić information content (AvgIpc) is 2.68. The Morgan fingerprint density at radius 2 is 2.14 bits per heavy atom. The standard InChI is InChI=1S/C21H26BrN3O2S/c1-15(2)13-25-10-11-27-17(14-25)12-24-20(26)19-4-3-9-23-21(19)28-18-7-5-16(22)6-8-18/h3-9,15,17H,10-14H2,1-2H3,(H,24,26). The topological polar surface area (TPSA) is 54.5 Å². The molecule has 1 fully saturated rings. The third kappa shape index (κ3) is 6.30. The van der Waals surface area contributed by atoms with Crippen LogP contribution in [0.25, 0.3) is 0 Å². The van der Waals surface area contributed by atoms with Gasteiger partial charge in [0.2, 0.25) is 0 Å². The Hall–Kier alpha value is -1.41. The van der Waals surface area contributed by atoms with E-state index in [1.54, 1.807) is 12.3 Å². The minimum atomic E-state index is -0.114. The molecule has 2 aromatic rings. The first-order valence-electron chi connectivity index (χ1n) is 9.52. The van der Waals surface area contributed by atoms with Gasteiger partial charge in [-0.1, -0.05) is 41.5 Å². The number of halogens is 1. The first kappa shape index (κ1) is 21.3. The average molecular weight is 464 g/mol. The molecule has 1 saturated heterocycles.